The molecule has 0 spiro atoms. The van der Waals surface area contributed by atoms with Crippen LogP contribution in [0.1, 0.15) is 69.8 Å². The number of fused-ring (bicyclic) bond motifs is 1. The van der Waals surface area contributed by atoms with Crippen LogP contribution in [0, 0.1) is 5.92 Å². The molecule has 2 aromatic carbocycles. The number of carbonyl (C=O) groups excluding carboxylic acids is 1. The Hall–Kier alpha value is -3.60. The van der Waals surface area contributed by atoms with Crippen molar-refractivity contribution < 1.29 is 19.4 Å². The molecule has 0 fully saturated rings. The van der Waals surface area contributed by atoms with Crippen molar-refractivity contribution in [3.8, 4) is 22.6 Å². The molecule has 0 bridgehead atoms. The lowest BCUT2D eigenvalue weighted by atomic mass is 9.89. The zero-order chi connectivity index (χ0) is 25.7. The van der Waals surface area contributed by atoms with Crippen LogP contribution in [0.25, 0.3) is 22.1 Å². The molecule has 3 aromatic rings. The van der Waals surface area contributed by atoms with Gasteiger partial charge in [-0.2, -0.15) is 0 Å². The van der Waals surface area contributed by atoms with Gasteiger partial charge in [0.25, 0.3) is 0 Å². The van der Waals surface area contributed by atoms with E-state index in [0.717, 1.165) is 18.4 Å². The first-order chi connectivity index (χ1) is 16.6. The van der Waals surface area contributed by atoms with Crippen molar-refractivity contribution in [2.45, 2.75) is 60.3 Å². The highest BCUT2D eigenvalue weighted by Gasteiger charge is 2.29. The second-order valence-electron chi connectivity index (χ2n) is 9.35. The number of hydrogen-bond acceptors (Lipinski definition) is 5. The van der Waals surface area contributed by atoms with Crippen molar-refractivity contribution in [2.75, 3.05) is 0 Å². The average Bonchev–Trinajstić information content (AvgIpc) is 2.83. The molecule has 5 heteroatoms. The van der Waals surface area contributed by atoms with E-state index >= 15 is 0 Å². The fourth-order valence-corrected chi connectivity index (χ4v) is 4.09. The molecule has 0 amide bonds. The van der Waals surface area contributed by atoms with Gasteiger partial charge in [-0.3, -0.25) is 4.79 Å². The Morgan fingerprint density at radius 3 is 2.37 bits per heavy atom. The monoisotopic (exact) mass is 474 g/mol. The van der Waals surface area contributed by atoms with Crippen molar-refractivity contribution in [1.82, 2.24) is 0 Å². The third kappa shape index (κ3) is 5.73. The van der Waals surface area contributed by atoms with Gasteiger partial charge >= 0.3 is 5.63 Å². The van der Waals surface area contributed by atoms with Crippen molar-refractivity contribution in [3.63, 3.8) is 0 Å². The Morgan fingerprint density at radius 2 is 1.74 bits per heavy atom. The smallest absolute Gasteiger partial charge is 0.336 e. The molecule has 1 unspecified atom stereocenters. The normalized spacial score (nSPS) is 12.5. The molecule has 0 aliphatic rings. The molecule has 1 heterocycles. The average molecular weight is 475 g/mol. The maximum Gasteiger partial charge on any atom is 0.336 e. The second-order valence-corrected chi connectivity index (χ2v) is 9.35. The Bertz CT molecular complexity index is 1340. The van der Waals surface area contributed by atoms with Gasteiger partial charge in [0, 0.05) is 23.1 Å². The highest BCUT2D eigenvalue weighted by molar-refractivity contribution is 6.14. The highest BCUT2D eigenvalue weighted by Crippen LogP contribution is 2.44. The molecule has 1 atom stereocenters. The summed E-state index contributed by atoms with van der Waals surface area (Å²) in [4.78, 5) is 25.9. The molecular weight excluding hydrogens is 440 g/mol. The molecule has 0 aliphatic carbocycles. The second kappa shape index (κ2) is 11.2. The number of benzene rings is 2. The van der Waals surface area contributed by atoms with Crippen LogP contribution in [-0.2, 0) is 6.42 Å². The van der Waals surface area contributed by atoms with Gasteiger partial charge in [0.15, 0.2) is 11.4 Å². The van der Waals surface area contributed by atoms with Crippen molar-refractivity contribution in [2.24, 2.45) is 5.92 Å². The first-order valence-corrected chi connectivity index (χ1v) is 12.1. The summed E-state index contributed by atoms with van der Waals surface area (Å²) in [5.74, 6) is -1.24. The van der Waals surface area contributed by atoms with Crippen molar-refractivity contribution in [3.05, 3.63) is 81.2 Å². The number of hydrogen-bond donors (Lipinski definition) is 2. The van der Waals surface area contributed by atoms with E-state index in [0.29, 0.717) is 17.5 Å². The van der Waals surface area contributed by atoms with Gasteiger partial charge in [0.2, 0.25) is 0 Å². The number of carbonyl (C=O) groups is 1. The molecule has 0 saturated carbocycles. The molecular formula is C30H34O5. The van der Waals surface area contributed by atoms with E-state index in [4.69, 9.17) is 4.42 Å². The van der Waals surface area contributed by atoms with Crippen molar-refractivity contribution in [1.29, 1.82) is 0 Å². The van der Waals surface area contributed by atoms with Gasteiger partial charge < -0.3 is 14.6 Å². The van der Waals surface area contributed by atoms with E-state index in [2.05, 4.69) is 19.9 Å². The van der Waals surface area contributed by atoms with Gasteiger partial charge in [-0.15, -0.1) is 0 Å². The van der Waals surface area contributed by atoms with Gasteiger partial charge in [-0.1, -0.05) is 67.5 Å². The molecule has 5 nitrogen and oxygen atoms in total. The lowest BCUT2D eigenvalue weighted by Crippen LogP contribution is -2.13. The molecule has 0 radical (unpaired) electrons. The van der Waals surface area contributed by atoms with Crippen LogP contribution in [0.2, 0.25) is 0 Å². The van der Waals surface area contributed by atoms with Crippen LogP contribution in [0.5, 0.6) is 11.5 Å². The van der Waals surface area contributed by atoms with Gasteiger partial charge in [0.1, 0.15) is 17.1 Å². The van der Waals surface area contributed by atoms with Crippen LogP contribution in [0.4, 0.5) is 0 Å². The minimum Gasteiger partial charge on any atom is -0.507 e. The zero-order valence-corrected chi connectivity index (χ0v) is 21.1. The lowest BCUT2D eigenvalue weighted by Gasteiger charge is -2.18. The first kappa shape index (κ1) is 26.0. The third-order valence-corrected chi connectivity index (χ3v) is 6.37. The summed E-state index contributed by atoms with van der Waals surface area (Å²) in [5.41, 5.74) is 2.99. The Morgan fingerprint density at radius 1 is 1.06 bits per heavy atom. The third-order valence-electron chi connectivity index (χ3n) is 6.37. The zero-order valence-electron chi connectivity index (χ0n) is 21.1. The fourth-order valence-electron chi connectivity index (χ4n) is 4.09. The summed E-state index contributed by atoms with van der Waals surface area (Å²) < 4.78 is 5.47. The van der Waals surface area contributed by atoms with Crippen LogP contribution in [-0.4, -0.2) is 16.0 Å². The summed E-state index contributed by atoms with van der Waals surface area (Å²) in [6, 6.07) is 10.5. The number of ketones is 1. The van der Waals surface area contributed by atoms with Crippen LogP contribution in [0.3, 0.4) is 0 Å². The Balaban J connectivity index is 2.28. The highest BCUT2D eigenvalue weighted by atomic mass is 16.4. The van der Waals surface area contributed by atoms with Crippen LogP contribution >= 0.6 is 0 Å². The molecule has 0 aliphatic heterocycles. The molecule has 184 valence electrons. The number of Topliss-reactive ketones (excluding diaryl/α,β-unsaturated/α-hetero) is 1. The van der Waals surface area contributed by atoms with E-state index in [1.165, 1.54) is 11.6 Å². The quantitative estimate of drug-likeness (QED) is 0.192. The molecule has 1 aromatic heterocycles. The first-order valence-electron chi connectivity index (χ1n) is 12.1. The number of phenolic OH excluding ortho intramolecular Hbond substituents is 2. The van der Waals surface area contributed by atoms with E-state index in [-0.39, 0.29) is 45.8 Å². The fraction of sp³-hybridized carbons (Fsp3) is 0.333. The topological polar surface area (TPSA) is 87.7 Å². The summed E-state index contributed by atoms with van der Waals surface area (Å²) in [7, 11) is 0. The van der Waals surface area contributed by atoms with Crippen molar-refractivity contribution >= 4 is 16.8 Å². The predicted octanol–water partition coefficient (Wildman–Crippen LogP) is 7.34. The largest absolute Gasteiger partial charge is 0.507 e. The predicted molar refractivity (Wildman–Crippen MR) is 141 cm³/mol. The molecule has 2 N–H and O–H groups in total. The number of phenols is 2. The van der Waals surface area contributed by atoms with Gasteiger partial charge in [-0.05, 0) is 52.0 Å². The van der Waals surface area contributed by atoms with E-state index in [1.807, 2.05) is 50.3 Å². The summed E-state index contributed by atoms with van der Waals surface area (Å²) >= 11 is 0. The van der Waals surface area contributed by atoms with E-state index in [1.54, 1.807) is 6.92 Å². The molecule has 0 saturated heterocycles. The summed E-state index contributed by atoms with van der Waals surface area (Å²) in [6.45, 7) is 9.78. The summed E-state index contributed by atoms with van der Waals surface area (Å²) in [6.07, 6.45) is 6.67. The number of rotatable bonds is 9. The Labute approximate surface area is 206 Å². The molecule has 3 rings (SSSR count). The Kier molecular flexibility index (Phi) is 8.34. The van der Waals surface area contributed by atoms with Gasteiger partial charge in [0.05, 0.1) is 5.39 Å². The maximum atomic E-state index is 13.4. The number of allylic oxidation sites excluding steroid dienone is 4. The van der Waals surface area contributed by atoms with E-state index in [9.17, 15) is 19.8 Å². The summed E-state index contributed by atoms with van der Waals surface area (Å²) in [5, 5.41) is 22.8. The molecule has 35 heavy (non-hydrogen) atoms. The maximum absolute atomic E-state index is 13.4. The van der Waals surface area contributed by atoms with E-state index < -0.39 is 11.5 Å². The minimum atomic E-state index is -0.656. The van der Waals surface area contributed by atoms with Crippen LogP contribution < -0.4 is 5.63 Å². The minimum absolute atomic E-state index is 0.0485. The standard InChI is InChI=1S/C30H34O5/c1-6-20(5)27(32)26-29(34)22(16-15-19(4)12-10-11-18(2)3)28(33)25-23(17-24(31)35-30(25)26)21-13-8-7-9-14-21/h7-9,11,13-15,17,20,33-34H,6,10,12,16H2,1-5H3/b19-15+. The lowest BCUT2D eigenvalue weighted by molar-refractivity contribution is 0.0925. The SMILES string of the molecule is CCC(C)C(=O)c1c(O)c(C/C=C(\C)CCC=C(C)C)c(O)c2c(-c3ccccc3)cc(=O)oc12. The van der Waals surface area contributed by atoms with Crippen LogP contribution in [0.15, 0.2) is 68.9 Å². The van der Waals surface area contributed by atoms with Gasteiger partial charge in [-0.25, -0.2) is 4.79 Å². The number of aromatic hydroxyl groups is 2.